The van der Waals surface area contributed by atoms with Gasteiger partial charge in [-0.15, -0.1) is 0 Å². The summed E-state index contributed by atoms with van der Waals surface area (Å²) in [7, 11) is 3.06. The minimum Gasteiger partial charge on any atom is -0.495 e. The summed E-state index contributed by atoms with van der Waals surface area (Å²) in [5.74, 6) is 0.551. The van der Waals surface area contributed by atoms with Gasteiger partial charge in [0, 0.05) is 66.1 Å². The molecule has 46 heavy (non-hydrogen) atoms. The van der Waals surface area contributed by atoms with Crippen molar-refractivity contribution in [3.8, 4) is 22.6 Å². The number of aromatic nitrogens is 2. The Balaban J connectivity index is 1.13. The highest BCUT2D eigenvalue weighted by molar-refractivity contribution is 14.1. The number of carbonyl (C=O) groups is 1. The molecule has 11 heteroatoms. The fraction of sp³-hybridized carbons (Fsp3) is 0.229. The third-order valence-corrected chi connectivity index (χ3v) is 9.58. The van der Waals surface area contributed by atoms with Crippen molar-refractivity contribution in [2.24, 2.45) is 0 Å². The smallest absolute Gasteiger partial charge is 0.257 e. The summed E-state index contributed by atoms with van der Waals surface area (Å²) < 4.78 is 12.2. The number of nitrogens with zero attached hydrogens (tertiary/aromatic N) is 4. The summed E-state index contributed by atoms with van der Waals surface area (Å²) in [4.78, 5) is 27.6. The molecule has 0 radical (unpaired) electrons. The van der Waals surface area contributed by atoms with Crippen LogP contribution in [0.4, 0.5) is 5.69 Å². The Bertz CT molecular complexity index is 1840. The van der Waals surface area contributed by atoms with Crippen LogP contribution in [-0.2, 0) is 13.1 Å². The number of hydrogen-bond acceptors (Lipinski definition) is 7. The largest absolute Gasteiger partial charge is 0.495 e. The quantitative estimate of drug-likeness (QED) is 0.154. The Labute approximate surface area is 291 Å². The van der Waals surface area contributed by atoms with Crippen LogP contribution in [0.25, 0.3) is 22.0 Å². The molecule has 2 aromatic heterocycles. The molecule has 1 fully saturated rings. The number of halogens is 3. The normalized spacial score (nSPS) is 13.9. The van der Waals surface area contributed by atoms with Gasteiger partial charge in [-0.2, -0.15) is 0 Å². The molecule has 1 aliphatic rings. The molecule has 6 rings (SSSR count). The van der Waals surface area contributed by atoms with E-state index >= 15 is 0 Å². The molecule has 5 aromatic rings. The summed E-state index contributed by atoms with van der Waals surface area (Å²) in [6.45, 7) is 5.75. The van der Waals surface area contributed by atoms with Crippen LogP contribution in [0.1, 0.15) is 21.6 Å². The number of piperazine rings is 1. The van der Waals surface area contributed by atoms with E-state index in [4.69, 9.17) is 32.7 Å². The van der Waals surface area contributed by atoms with Crippen molar-refractivity contribution in [1.29, 1.82) is 0 Å². The van der Waals surface area contributed by atoms with Gasteiger partial charge in [0.05, 0.1) is 52.9 Å². The number of nitrogens with one attached hydrogen (secondary N) is 1. The summed E-state index contributed by atoms with van der Waals surface area (Å²) >= 11 is 15.8. The third kappa shape index (κ3) is 7.08. The zero-order valence-corrected chi connectivity index (χ0v) is 29.1. The molecule has 1 amide bonds. The third-order valence-electron chi connectivity index (χ3n) is 8.11. The molecular formula is C35H32Cl2IN5O3. The number of rotatable bonds is 9. The van der Waals surface area contributed by atoms with Gasteiger partial charge < -0.3 is 14.8 Å². The van der Waals surface area contributed by atoms with Crippen LogP contribution >= 0.6 is 45.8 Å². The summed E-state index contributed by atoms with van der Waals surface area (Å²) in [5.41, 5.74) is 5.08. The molecule has 3 aromatic carbocycles. The fourth-order valence-electron chi connectivity index (χ4n) is 5.67. The van der Waals surface area contributed by atoms with Crippen LogP contribution in [0.2, 0.25) is 10.0 Å². The maximum Gasteiger partial charge on any atom is 0.257 e. The minimum atomic E-state index is -0.297. The number of pyridine rings is 2. The molecular weight excluding hydrogens is 736 g/mol. The van der Waals surface area contributed by atoms with Crippen LogP contribution in [0.5, 0.6) is 11.5 Å². The summed E-state index contributed by atoms with van der Waals surface area (Å²) in [6.07, 6.45) is 3.35. The molecule has 0 atom stereocenters. The highest BCUT2D eigenvalue weighted by Gasteiger charge is 2.23. The number of carbonyl (C=O) groups excluding carboxylic acids is 1. The van der Waals surface area contributed by atoms with Crippen molar-refractivity contribution < 1.29 is 14.3 Å². The lowest BCUT2D eigenvalue weighted by atomic mass is 9.96. The topological polar surface area (TPSA) is 79.8 Å². The van der Waals surface area contributed by atoms with Crippen LogP contribution in [0, 0.1) is 3.57 Å². The van der Waals surface area contributed by atoms with Gasteiger partial charge >= 0.3 is 0 Å². The molecule has 1 saturated heterocycles. The summed E-state index contributed by atoms with van der Waals surface area (Å²) in [5, 5.41) is 4.36. The maximum absolute atomic E-state index is 13.5. The fourth-order valence-corrected chi connectivity index (χ4v) is 6.73. The van der Waals surface area contributed by atoms with E-state index in [-0.39, 0.29) is 5.91 Å². The lowest BCUT2D eigenvalue weighted by Crippen LogP contribution is -2.45. The molecule has 1 aliphatic heterocycles. The van der Waals surface area contributed by atoms with Gasteiger partial charge in [-0.3, -0.25) is 24.6 Å². The van der Waals surface area contributed by atoms with Gasteiger partial charge in [-0.1, -0.05) is 47.5 Å². The van der Waals surface area contributed by atoms with Gasteiger partial charge in [-0.25, -0.2) is 0 Å². The van der Waals surface area contributed by atoms with Crippen molar-refractivity contribution in [2.45, 2.75) is 13.1 Å². The number of methoxy groups -OCH3 is 2. The number of benzene rings is 3. The SMILES string of the molecule is COc1cc(OC)c(Cl)c(-c2ccc(C(=O)Nc3ccc(CN4CCN(Cc5ccc(I)cc5)CC4)nc3)c3ncccc23)c1Cl. The molecule has 0 unspecified atom stereocenters. The minimum absolute atomic E-state index is 0.297. The van der Waals surface area contributed by atoms with Crippen LogP contribution in [-0.4, -0.2) is 66.1 Å². The van der Waals surface area contributed by atoms with Crippen molar-refractivity contribution in [3.63, 3.8) is 0 Å². The highest BCUT2D eigenvalue weighted by atomic mass is 127. The van der Waals surface area contributed by atoms with Crippen LogP contribution in [0.15, 0.2) is 79.1 Å². The lowest BCUT2D eigenvalue weighted by molar-refractivity contribution is 0.102. The molecule has 236 valence electrons. The van der Waals surface area contributed by atoms with Crippen LogP contribution < -0.4 is 14.8 Å². The predicted molar refractivity (Wildman–Crippen MR) is 192 cm³/mol. The highest BCUT2D eigenvalue weighted by Crippen LogP contribution is 2.47. The maximum atomic E-state index is 13.5. The average Bonchev–Trinajstić information content (AvgIpc) is 3.07. The first-order valence-electron chi connectivity index (χ1n) is 14.8. The van der Waals surface area contributed by atoms with Crippen molar-refractivity contribution in [2.75, 3.05) is 45.7 Å². The van der Waals surface area contributed by atoms with E-state index in [1.54, 1.807) is 30.6 Å². The van der Waals surface area contributed by atoms with E-state index < -0.39 is 0 Å². The molecule has 0 saturated carbocycles. The second-order valence-electron chi connectivity index (χ2n) is 11.0. The summed E-state index contributed by atoms with van der Waals surface area (Å²) in [6, 6.07) is 21.4. The predicted octanol–water partition coefficient (Wildman–Crippen LogP) is 7.80. The standard InChI is InChI=1S/C35H32Cl2IN5O3/c1-45-29-18-30(46-2)33(37)31(32(29)36)26-11-12-28(34-27(26)4-3-13-39-34)35(44)41-24-9-10-25(40-19-24)21-43-16-14-42(15-17-43)20-22-5-7-23(38)8-6-22/h3-13,18-19H,14-17,20-21H2,1-2H3,(H,41,44). The first kappa shape index (κ1) is 32.5. The number of hydrogen-bond donors (Lipinski definition) is 1. The molecule has 8 nitrogen and oxygen atoms in total. The van der Waals surface area contributed by atoms with Crippen molar-refractivity contribution >= 4 is 68.3 Å². The van der Waals surface area contributed by atoms with E-state index in [1.165, 1.54) is 23.4 Å². The van der Waals surface area contributed by atoms with E-state index in [2.05, 4.69) is 71.9 Å². The lowest BCUT2D eigenvalue weighted by Gasteiger charge is -2.34. The zero-order chi connectivity index (χ0) is 32.2. The molecule has 0 spiro atoms. The molecule has 0 aliphatic carbocycles. The van der Waals surface area contributed by atoms with Gasteiger partial charge in [0.15, 0.2) is 0 Å². The van der Waals surface area contributed by atoms with Gasteiger partial charge in [0.25, 0.3) is 5.91 Å². The zero-order valence-electron chi connectivity index (χ0n) is 25.4. The average molecular weight is 768 g/mol. The number of amides is 1. The number of anilines is 1. The van der Waals surface area contributed by atoms with Crippen molar-refractivity contribution in [1.82, 2.24) is 19.8 Å². The van der Waals surface area contributed by atoms with Gasteiger partial charge in [-0.05, 0) is 70.1 Å². The van der Waals surface area contributed by atoms with E-state index in [1.807, 2.05) is 24.3 Å². The Morgan fingerprint density at radius 2 is 1.54 bits per heavy atom. The first-order chi connectivity index (χ1) is 22.3. The second-order valence-corrected chi connectivity index (χ2v) is 13.0. The monoisotopic (exact) mass is 767 g/mol. The van der Waals surface area contributed by atoms with Crippen LogP contribution in [0.3, 0.4) is 0 Å². The van der Waals surface area contributed by atoms with Gasteiger partial charge in [0.1, 0.15) is 11.5 Å². The number of fused-ring (bicyclic) bond motifs is 1. The Hall–Kier alpha value is -3.48. The van der Waals surface area contributed by atoms with E-state index in [0.29, 0.717) is 54.8 Å². The number of ether oxygens (including phenoxy) is 2. The van der Waals surface area contributed by atoms with E-state index in [0.717, 1.165) is 45.0 Å². The Kier molecular flexibility index (Phi) is 10.2. The molecule has 0 bridgehead atoms. The Morgan fingerprint density at radius 1 is 0.870 bits per heavy atom. The first-order valence-corrected chi connectivity index (χ1v) is 16.6. The Morgan fingerprint density at radius 3 is 2.17 bits per heavy atom. The molecule has 1 N–H and O–H groups in total. The van der Waals surface area contributed by atoms with E-state index in [9.17, 15) is 4.79 Å². The second kappa shape index (κ2) is 14.5. The van der Waals surface area contributed by atoms with Gasteiger partial charge in [0.2, 0.25) is 0 Å². The van der Waals surface area contributed by atoms with Crippen molar-refractivity contribution in [3.05, 3.63) is 110 Å². The molecule has 3 heterocycles.